The summed E-state index contributed by atoms with van der Waals surface area (Å²) in [6.07, 6.45) is 14.3. The Morgan fingerprint density at radius 3 is 1.95 bits per heavy atom. The van der Waals surface area contributed by atoms with E-state index in [1.807, 2.05) is 0 Å². The molecule has 112 valence electrons. The predicted molar refractivity (Wildman–Crippen MR) is 80.0 cm³/mol. The third kappa shape index (κ3) is 4.23. The highest BCUT2D eigenvalue weighted by atomic mass is 16.2. The molecule has 0 bridgehead atoms. The number of hydrogen-bond acceptors (Lipinski definition) is 2. The minimum absolute atomic E-state index is 0.146. The Morgan fingerprint density at radius 2 is 1.40 bits per heavy atom. The molecule has 0 atom stereocenters. The van der Waals surface area contributed by atoms with Crippen LogP contribution >= 0.6 is 0 Å². The second-order valence-corrected chi connectivity index (χ2v) is 6.64. The number of nitriles is 1. The van der Waals surface area contributed by atoms with Gasteiger partial charge in [-0.25, -0.2) is 0 Å². The van der Waals surface area contributed by atoms with E-state index in [4.69, 9.17) is 0 Å². The van der Waals surface area contributed by atoms with Gasteiger partial charge in [-0.1, -0.05) is 57.8 Å². The normalized spacial score (nSPS) is 24.8. The highest BCUT2D eigenvalue weighted by Crippen LogP contribution is 2.28. The molecule has 3 nitrogen and oxygen atoms in total. The molecule has 2 rings (SSSR count). The second kappa shape index (κ2) is 7.67. The monoisotopic (exact) mass is 276 g/mol. The average molecular weight is 276 g/mol. The Kier molecular flexibility index (Phi) is 5.88. The first-order valence-corrected chi connectivity index (χ1v) is 8.49. The topological polar surface area (TPSA) is 52.9 Å². The molecule has 0 aromatic rings. The number of nitrogens with zero attached hydrogens (tertiary/aromatic N) is 1. The lowest BCUT2D eigenvalue weighted by atomic mass is 9.84. The van der Waals surface area contributed by atoms with Gasteiger partial charge in [0.2, 0.25) is 5.91 Å². The molecule has 20 heavy (non-hydrogen) atoms. The molecule has 1 amide bonds. The summed E-state index contributed by atoms with van der Waals surface area (Å²) in [5.41, 5.74) is -0.580. The summed E-state index contributed by atoms with van der Waals surface area (Å²) in [6.45, 7) is 0. The minimum atomic E-state index is -0.580. The molecule has 1 N–H and O–H groups in total. The van der Waals surface area contributed by atoms with Crippen LogP contribution in [0.3, 0.4) is 0 Å². The Balaban J connectivity index is 1.96. The molecule has 2 saturated carbocycles. The van der Waals surface area contributed by atoms with Crippen molar-refractivity contribution in [2.45, 2.75) is 89.0 Å². The molecule has 2 aliphatic rings. The molecule has 0 saturated heterocycles. The number of rotatable bonds is 2. The molecule has 0 aliphatic heterocycles. The quantitative estimate of drug-likeness (QED) is 0.773. The van der Waals surface area contributed by atoms with Crippen LogP contribution in [0.5, 0.6) is 0 Å². The second-order valence-electron chi connectivity index (χ2n) is 6.64. The van der Waals surface area contributed by atoms with Gasteiger partial charge in [0.1, 0.15) is 5.54 Å². The fraction of sp³-hybridized carbons (Fsp3) is 0.882. The van der Waals surface area contributed by atoms with Crippen molar-refractivity contribution in [3.05, 3.63) is 0 Å². The first-order valence-electron chi connectivity index (χ1n) is 8.49. The van der Waals surface area contributed by atoms with Crippen molar-refractivity contribution < 1.29 is 4.79 Å². The summed E-state index contributed by atoms with van der Waals surface area (Å²) in [5, 5.41) is 12.7. The highest BCUT2D eigenvalue weighted by molar-refractivity contribution is 5.79. The molecule has 2 aliphatic carbocycles. The highest BCUT2D eigenvalue weighted by Gasteiger charge is 2.34. The Morgan fingerprint density at radius 1 is 0.900 bits per heavy atom. The SMILES string of the molecule is N#CC1(NC(=O)C2CCCCCC2)CCCCCCC1. The van der Waals surface area contributed by atoms with Crippen molar-refractivity contribution in [3.63, 3.8) is 0 Å². The first kappa shape index (κ1) is 15.4. The van der Waals surface area contributed by atoms with Gasteiger partial charge in [-0.2, -0.15) is 5.26 Å². The Bertz CT molecular complexity index is 342. The van der Waals surface area contributed by atoms with Crippen LogP contribution < -0.4 is 5.32 Å². The van der Waals surface area contributed by atoms with Gasteiger partial charge in [0.15, 0.2) is 0 Å². The number of amides is 1. The first-order chi connectivity index (χ1) is 9.76. The summed E-state index contributed by atoms with van der Waals surface area (Å²) in [7, 11) is 0. The molecule has 0 aromatic heterocycles. The third-order valence-electron chi connectivity index (χ3n) is 5.01. The van der Waals surface area contributed by atoms with Gasteiger partial charge >= 0.3 is 0 Å². The van der Waals surface area contributed by atoms with Crippen molar-refractivity contribution in [2.24, 2.45) is 5.92 Å². The van der Waals surface area contributed by atoms with E-state index in [9.17, 15) is 10.1 Å². The van der Waals surface area contributed by atoms with Crippen LogP contribution in [0.4, 0.5) is 0 Å². The summed E-state index contributed by atoms with van der Waals surface area (Å²) in [5.74, 6) is 0.294. The maximum Gasteiger partial charge on any atom is 0.224 e. The van der Waals surface area contributed by atoms with Gasteiger partial charge < -0.3 is 5.32 Å². The zero-order valence-electron chi connectivity index (χ0n) is 12.6. The van der Waals surface area contributed by atoms with Crippen molar-refractivity contribution in [3.8, 4) is 6.07 Å². The van der Waals surface area contributed by atoms with Crippen LogP contribution in [0, 0.1) is 17.2 Å². The minimum Gasteiger partial charge on any atom is -0.338 e. The largest absolute Gasteiger partial charge is 0.338 e. The van der Waals surface area contributed by atoms with Gasteiger partial charge in [-0.15, -0.1) is 0 Å². The molecule has 3 heteroatoms. The van der Waals surface area contributed by atoms with Crippen molar-refractivity contribution in [1.82, 2.24) is 5.32 Å². The van der Waals surface area contributed by atoms with Crippen LogP contribution in [-0.2, 0) is 4.79 Å². The fourth-order valence-electron chi connectivity index (χ4n) is 3.65. The van der Waals surface area contributed by atoms with Crippen LogP contribution in [0.15, 0.2) is 0 Å². The van der Waals surface area contributed by atoms with Gasteiger partial charge in [0.05, 0.1) is 6.07 Å². The summed E-state index contributed by atoms with van der Waals surface area (Å²) in [4.78, 5) is 12.5. The van der Waals surface area contributed by atoms with E-state index in [1.54, 1.807) is 0 Å². The van der Waals surface area contributed by atoms with Gasteiger partial charge in [0.25, 0.3) is 0 Å². The van der Waals surface area contributed by atoms with Gasteiger partial charge in [0, 0.05) is 5.92 Å². The van der Waals surface area contributed by atoms with E-state index in [1.165, 1.54) is 32.1 Å². The van der Waals surface area contributed by atoms with E-state index >= 15 is 0 Å². The summed E-state index contributed by atoms with van der Waals surface area (Å²) < 4.78 is 0. The van der Waals surface area contributed by atoms with E-state index in [0.717, 1.165) is 51.4 Å². The Labute approximate surface area is 123 Å². The smallest absolute Gasteiger partial charge is 0.224 e. The maximum absolute atomic E-state index is 12.5. The average Bonchev–Trinajstić information content (AvgIpc) is 2.71. The van der Waals surface area contributed by atoms with Crippen LogP contribution in [0.25, 0.3) is 0 Å². The zero-order chi connectivity index (χ0) is 14.3. The van der Waals surface area contributed by atoms with Crippen molar-refractivity contribution >= 4 is 5.91 Å². The maximum atomic E-state index is 12.5. The van der Waals surface area contributed by atoms with Gasteiger partial charge in [-0.05, 0) is 25.7 Å². The van der Waals surface area contributed by atoms with E-state index in [0.29, 0.717) is 0 Å². The van der Waals surface area contributed by atoms with Crippen LogP contribution in [0.1, 0.15) is 83.5 Å². The molecule has 0 aromatic carbocycles. The number of hydrogen-bond donors (Lipinski definition) is 1. The molecular formula is C17H28N2O. The molecule has 0 unspecified atom stereocenters. The van der Waals surface area contributed by atoms with Gasteiger partial charge in [-0.3, -0.25) is 4.79 Å². The number of nitrogens with one attached hydrogen (secondary N) is 1. The molecule has 0 spiro atoms. The zero-order valence-corrected chi connectivity index (χ0v) is 12.6. The molecule has 2 fully saturated rings. The third-order valence-corrected chi connectivity index (χ3v) is 5.01. The summed E-state index contributed by atoms with van der Waals surface area (Å²) in [6, 6.07) is 2.44. The number of carbonyl (C=O) groups is 1. The van der Waals surface area contributed by atoms with Crippen molar-refractivity contribution in [2.75, 3.05) is 0 Å². The molecule has 0 radical (unpaired) electrons. The standard InChI is InChI=1S/C17H28N2O/c18-14-17(12-8-4-1-5-9-13-17)19-16(20)15-10-6-2-3-7-11-15/h15H,1-13H2,(H,19,20). The molecular weight excluding hydrogens is 248 g/mol. The lowest BCUT2D eigenvalue weighted by Gasteiger charge is -2.31. The predicted octanol–water partition coefficient (Wildman–Crippen LogP) is 4.08. The lowest BCUT2D eigenvalue weighted by Crippen LogP contribution is -2.49. The molecule has 0 heterocycles. The van der Waals surface area contributed by atoms with Crippen LogP contribution in [0.2, 0.25) is 0 Å². The lowest BCUT2D eigenvalue weighted by molar-refractivity contribution is -0.127. The van der Waals surface area contributed by atoms with E-state index in [-0.39, 0.29) is 11.8 Å². The fourth-order valence-corrected chi connectivity index (χ4v) is 3.65. The summed E-state index contributed by atoms with van der Waals surface area (Å²) >= 11 is 0. The van der Waals surface area contributed by atoms with Crippen molar-refractivity contribution in [1.29, 1.82) is 5.26 Å². The van der Waals surface area contributed by atoms with E-state index in [2.05, 4.69) is 11.4 Å². The number of carbonyl (C=O) groups excluding carboxylic acids is 1. The van der Waals surface area contributed by atoms with Crippen LogP contribution in [-0.4, -0.2) is 11.4 Å². The Hall–Kier alpha value is -1.04. The van der Waals surface area contributed by atoms with E-state index < -0.39 is 5.54 Å².